The highest BCUT2D eigenvalue weighted by Gasteiger charge is 2.21. The van der Waals surface area contributed by atoms with E-state index in [-0.39, 0.29) is 0 Å². The number of aromatic nitrogens is 2. The Kier molecular flexibility index (Phi) is 5.86. The lowest BCUT2D eigenvalue weighted by Gasteiger charge is -2.18. The molecule has 0 bridgehead atoms. The monoisotopic (exact) mass is 407 g/mol. The van der Waals surface area contributed by atoms with E-state index in [4.69, 9.17) is 0 Å². The van der Waals surface area contributed by atoms with Crippen LogP contribution in [-0.4, -0.2) is 35.8 Å². The van der Waals surface area contributed by atoms with E-state index in [0.29, 0.717) is 18.0 Å². The Morgan fingerprint density at radius 3 is 2.27 bits per heavy atom. The molecule has 2 aromatic heterocycles. The third-order valence-corrected chi connectivity index (χ3v) is 7.78. The third-order valence-electron chi connectivity index (χ3n) is 4.04. The molecule has 3 rings (SSSR count). The summed E-state index contributed by atoms with van der Waals surface area (Å²) in [6.45, 7) is 6.61. The number of nitrogens with zero attached hydrogens (tertiary/aromatic N) is 3. The highest BCUT2D eigenvalue weighted by molar-refractivity contribution is 7.89. The molecule has 138 valence electrons. The smallest absolute Gasteiger partial charge is 0.243 e. The molecule has 3 aromatic rings. The summed E-state index contributed by atoms with van der Waals surface area (Å²) >= 11 is 3.24. The Hall–Kier alpha value is -1.61. The van der Waals surface area contributed by atoms with Crippen LogP contribution in [0, 0.1) is 6.92 Å². The molecule has 0 N–H and O–H groups in total. The van der Waals surface area contributed by atoms with Crippen LogP contribution < -0.4 is 0 Å². The maximum absolute atomic E-state index is 12.6. The van der Waals surface area contributed by atoms with Gasteiger partial charge in [-0.25, -0.2) is 18.4 Å². The molecule has 0 saturated carbocycles. The van der Waals surface area contributed by atoms with Crippen LogP contribution >= 0.6 is 22.7 Å². The summed E-state index contributed by atoms with van der Waals surface area (Å²) in [4.78, 5) is 9.46. The molecule has 1 aromatic carbocycles. The predicted molar refractivity (Wildman–Crippen MR) is 107 cm³/mol. The predicted octanol–water partition coefficient (Wildman–Crippen LogP) is 4.20. The van der Waals surface area contributed by atoms with E-state index in [1.165, 1.54) is 4.31 Å². The second-order valence-electron chi connectivity index (χ2n) is 5.77. The first-order valence-corrected chi connectivity index (χ1v) is 11.6. The minimum absolute atomic E-state index is 0.318. The third kappa shape index (κ3) is 4.03. The molecule has 2 heterocycles. The van der Waals surface area contributed by atoms with Crippen LogP contribution in [0.25, 0.3) is 11.3 Å². The standard InChI is InChI=1S/C18H21N3O2S3/c1-4-21(5-2)26(22,23)16-8-6-14(7-9-16)17-12-25-18(20-17)10-15-11-24-13(3)19-15/h6-9,11-12H,4-5,10H2,1-3H3. The van der Waals surface area contributed by atoms with Gasteiger partial charge in [-0.05, 0) is 19.1 Å². The van der Waals surface area contributed by atoms with E-state index < -0.39 is 10.0 Å². The summed E-state index contributed by atoms with van der Waals surface area (Å²) in [6, 6.07) is 6.96. The lowest BCUT2D eigenvalue weighted by Crippen LogP contribution is -2.30. The molecule has 0 atom stereocenters. The van der Waals surface area contributed by atoms with Crippen molar-refractivity contribution in [3.63, 3.8) is 0 Å². The van der Waals surface area contributed by atoms with Gasteiger partial charge < -0.3 is 0 Å². The van der Waals surface area contributed by atoms with Gasteiger partial charge in [-0.3, -0.25) is 0 Å². The lowest BCUT2D eigenvalue weighted by molar-refractivity contribution is 0.445. The van der Waals surface area contributed by atoms with E-state index in [2.05, 4.69) is 15.3 Å². The molecule has 0 fully saturated rings. The van der Waals surface area contributed by atoms with Crippen LogP contribution in [-0.2, 0) is 16.4 Å². The number of aryl methyl sites for hydroxylation is 1. The Bertz CT molecular complexity index is 971. The van der Waals surface area contributed by atoms with E-state index in [1.807, 2.05) is 38.3 Å². The van der Waals surface area contributed by atoms with Gasteiger partial charge in [0.15, 0.2) is 0 Å². The second-order valence-corrected chi connectivity index (χ2v) is 9.72. The summed E-state index contributed by atoms with van der Waals surface area (Å²) in [7, 11) is -3.42. The number of benzene rings is 1. The van der Waals surface area contributed by atoms with E-state index in [9.17, 15) is 8.42 Å². The van der Waals surface area contributed by atoms with Gasteiger partial charge in [-0.15, -0.1) is 22.7 Å². The fourth-order valence-corrected chi connectivity index (χ4v) is 5.57. The van der Waals surface area contributed by atoms with Gasteiger partial charge in [-0.1, -0.05) is 26.0 Å². The van der Waals surface area contributed by atoms with Crippen molar-refractivity contribution in [1.82, 2.24) is 14.3 Å². The Labute approximate surface area is 162 Å². The molecule has 0 aliphatic heterocycles. The highest BCUT2D eigenvalue weighted by atomic mass is 32.2. The zero-order valence-corrected chi connectivity index (χ0v) is 17.4. The average molecular weight is 408 g/mol. The summed E-state index contributed by atoms with van der Waals surface area (Å²) in [6.07, 6.45) is 0.726. The highest BCUT2D eigenvalue weighted by Crippen LogP contribution is 2.26. The maximum atomic E-state index is 12.6. The minimum Gasteiger partial charge on any atom is -0.246 e. The number of rotatable bonds is 7. The van der Waals surface area contributed by atoms with Gasteiger partial charge in [0.2, 0.25) is 10.0 Å². The first-order chi connectivity index (χ1) is 12.4. The van der Waals surface area contributed by atoms with Gasteiger partial charge in [0, 0.05) is 35.8 Å². The number of hydrogen-bond donors (Lipinski definition) is 0. The van der Waals surface area contributed by atoms with Crippen molar-refractivity contribution >= 4 is 32.7 Å². The van der Waals surface area contributed by atoms with Gasteiger partial charge >= 0.3 is 0 Å². The zero-order valence-electron chi connectivity index (χ0n) is 15.0. The fourth-order valence-electron chi connectivity index (χ4n) is 2.68. The van der Waals surface area contributed by atoms with Crippen LogP contribution in [0.4, 0.5) is 0 Å². The normalized spacial score (nSPS) is 12.0. The van der Waals surface area contributed by atoms with Gasteiger partial charge in [0.25, 0.3) is 0 Å². The largest absolute Gasteiger partial charge is 0.246 e. The number of hydrogen-bond acceptors (Lipinski definition) is 6. The van der Waals surface area contributed by atoms with E-state index >= 15 is 0 Å². The SMILES string of the molecule is CCN(CC)S(=O)(=O)c1ccc(-c2csc(Cc3csc(C)n3)n2)cc1. The molecule has 8 heteroatoms. The molecule has 0 spiro atoms. The molecule has 0 aliphatic rings. The molecular weight excluding hydrogens is 386 g/mol. The van der Waals surface area contributed by atoms with Crippen LogP contribution in [0.3, 0.4) is 0 Å². The molecule has 0 radical (unpaired) electrons. The Morgan fingerprint density at radius 2 is 1.69 bits per heavy atom. The van der Waals surface area contributed by atoms with Crippen molar-refractivity contribution in [2.75, 3.05) is 13.1 Å². The Balaban J connectivity index is 1.79. The first kappa shape index (κ1) is 19.2. The maximum Gasteiger partial charge on any atom is 0.243 e. The van der Waals surface area contributed by atoms with Gasteiger partial charge in [-0.2, -0.15) is 4.31 Å². The van der Waals surface area contributed by atoms with Gasteiger partial charge in [0.05, 0.1) is 26.3 Å². The van der Waals surface area contributed by atoms with Crippen LogP contribution in [0.5, 0.6) is 0 Å². The minimum atomic E-state index is -3.42. The first-order valence-electron chi connectivity index (χ1n) is 8.40. The summed E-state index contributed by atoms with van der Waals surface area (Å²) in [5.41, 5.74) is 2.82. The van der Waals surface area contributed by atoms with E-state index in [1.54, 1.807) is 34.8 Å². The molecule has 0 unspecified atom stereocenters. The summed E-state index contributed by atoms with van der Waals surface area (Å²) < 4.78 is 26.6. The number of thiazole rings is 2. The lowest BCUT2D eigenvalue weighted by atomic mass is 10.2. The Morgan fingerprint density at radius 1 is 1.00 bits per heavy atom. The summed E-state index contributed by atoms with van der Waals surface area (Å²) in [5, 5.41) is 6.12. The van der Waals surface area contributed by atoms with Crippen molar-refractivity contribution in [3.05, 3.63) is 50.7 Å². The topological polar surface area (TPSA) is 63.2 Å². The van der Waals surface area contributed by atoms with Crippen LogP contribution in [0.2, 0.25) is 0 Å². The summed E-state index contributed by atoms with van der Waals surface area (Å²) in [5.74, 6) is 0. The van der Waals surface area contributed by atoms with Crippen molar-refractivity contribution in [2.45, 2.75) is 32.1 Å². The van der Waals surface area contributed by atoms with Crippen LogP contribution in [0.1, 0.15) is 29.6 Å². The van der Waals surface area contributed by atoms with Crippen molar-refractivity contribution in [2.24, 2.45) is 0 Å². The molecule has 5 nitrogen and oxygen atoms in total. The number of sulfonamides is 1. The van der Waals surface area contributed by atoms with Crippen LogP contribution in [0.15, 0.2) is 39.9 Å². The molecule has 26 heavy (non-hydrogen) atoms. The van der Waals surface area contributed by atoms with E-state index in [0.717, 1.165) is 33.4 Å². The second kappa shape index (κ2) is 7.96. The molecule has 0 saturated heterocycles. The average Bonchev–Trinajstić information content (AvgIpc) is 3.25. The van der Waals surface area contributed by atoms with Crippen molar-refractivity contribution in [3.8, 4) is 11.3 Å². The molecule has 0 amide bonds. The van der Waals surface area contributed by atoms with Crippen molar-refractivity contribution in [1.29, 1.82) is 0 Å². The van der Waals surface area contributed by atoms with Gasteiger partial charge in [0.1, 0.15) is 0 Å². The zero-order chi connectivity index (χ0) is 18.7. The van der Waals surface area contributed by atoms with Crippen molar-refractivity contribution < 1.29 is 8.42 Å². The fraction of sp³-hybridized carbons (Fsp3) is 0.333. The quantitative estimate of drug-likeness (QED) is 0.589. The molecule has 0 aliphatic carbocycles. The molecular formula is C18H21N3O2S3.